The molecule has 0 aliphatic heterocycles. The molecule has 0 aromatic heterocycles. The fraction of sp³-hybridized carbons (Fsp3) is 0.0870. The molecule has 0 aliphatic carbocycles. The zero-order chi connectivity index (χ0) is 21.7. The zero-order valence-corrected chi connectivity index (χ0v) is 18.3. The lowest BCUT2D eigenvalue weighted by Crippen LogP contribution is -2.03. The number of benzene rings is 3. The largest absolute Gasteiger partial charge is 0.489 e. The summed E-state index contributed by atoms with van der Waals surface area (Å²) >= 11 is 12.3. The summed E-state index contributed by atoms with van der Waals surface area (Å²) in [5, 5.41) is 10.4. The first kappa shape index (κ1) is 21.9. The second-order valence-corrected chi connectivity index (χ2v) is 9.23. The van der Waals surface area contributed by atoms with E-state index in [1.54, 1.807) is 60.7 Å². The SMILES string of the molecule is Cc1ccc(S(=O)(=O)C(C#N)=Cc2ccc(OCc3c(Cl)cccc3Cl)cc2)cc1. The van der Waals surface area contributed by atoms with E-state index >= 15 is 0 Å². The van der Waals surface area contributed by atoms with Crippen LogP contribution < -0.4 is 4.74 Å². The highest BCUT2D eigenvalue weighted by molar-refractivity contribution is 7.95. The van der Waals surface area contributed by atoms with Crippen molar-refractivity contribution in [2.24, 2.45) is 0 Å². The normalized spacial score (nSPS) is 11.7. The van der Waals surface area contributed by atoms with Crippen molar-refractivity contribution >= 4 is 39.1 Å². The van der Waals surface area contributed by atoms with Crippen molar-refractivity contribution < 1.29 is 13.2 Å². The molecular formula is C23H17Cl2NO3S. The minimum Gasteiger partial charge on any atom is -0.489 e. The summed E-state index contributed by atoms with van der Waals surface area (Å²) in [6.45, 7) is 2.06. The maximum atomic E-state index is 12.7. The Morgan fingerprint density at radius 1 is 1.00 bits per heavy atom. The smallest absolute Gasteiger partial charge is 0.216 e. The van der Waals surface area contributed by atoms with Crippen LogP contribution in [0.25, 0.3) is 6.08 Å². The number of ether oxygens (including phenoxy) is 1. The molecule has 0 heterocycles. The van der Waals surface area contributed by atoms with Gasteiger partial charge in [0.1, 0.15) is 23.3 Å². The highest BCUT2D eigenvalue weighted by Crippen LogP contribution is 2.26. The third-order valence-corrected chi connectivity index (χ3v) is 6.74. The number of hydrogen-bond acceptors (Lipinski definition) is 4. The van der Waals surface area contributed by atoms with Gasteiger partial charge in [-0.25, -0.2) is 8.42 Å². The van der Waals surface area contributed by atoms with Crippen molar-refractivity contribution in [1.29, 1.82) is 5.26 Å². The molecule has 152 valence electrons. The molecular weight excluding hydrogens is 441 g/mol. The Labute approximate surface area is 185 Å². The number of halogens is 2. The van der Waals surface area contributed by atoms with Gasteiger partial charge in [-0.1, -0.05) is 59.1 Å². The van der Waals surface area contributed by atoms with Crippen LogP contribution in [0.15, 0.2) is 76.5 Å². The van der Waals surface area contributed by atoms with Gasteiger partial charge in [0.25, 0.3) is 0 Å². The Bertz CT molecular complexity index is 1210. The van der Waals surface area contributed by atoms with Crippen LogP contribution in [0.3, 0.4) is 0 Å². The molecule has 0 N–H and O–H groups in total. The molecule has 4 nitrogen and oxygen atoms in total. The van der Waals surface area contributed by atoms with E-state index in [4.69, 9.17) is 27.9 Å². The van der Waals surface area contributed by atoms with Gasteiger partial charge in [-0.2, -0.15) is 5.26 Å². The van der Waals surface area contributed by atoms with Crippen LogP contribution in [0.1, 0.15) is 16.7 Å². The topological polar surface area (TPSA) is 67.2 Å². The summed E-state index contributed by atoms with van der Waals surface area (Å²) < 4.78 is 31.2. The van der Waals surface area contributed by atoms with Crippen LogP contribution in [-0.2, 0) is 16.4 Å². The molecule has 0 aliphatic rings. The molecule has 0 saturated carbocycles. The van der Waals surface area contributed by atoms with Gasteiger partial charge in [-0.15, -0.1) is 0 Å². The number of hydrogen-bond donors (Lipinski definition) is 0. The number of allylic oxidation sites excluding steroid dienone is 1. The van der Waals surface area contributed by atoms with Crippen LogP contribution in [0, 0.1) is 18.3 Å². The zero-order valence-electron chi connectivity index (χ0n) is 16.0. The summed E-state index contributed by atoms with van der Waals surface area (Å²) in [4.78, 5) is -0.250. The van der Waals surface area contributed by atoms with E-state index in [9.17, 15) is 13.7 Å². The molecule has 0 fully saturated rings. The maximum Gasteiger partial charge on any atom is 0.216 e. The first-order chi connectivity index (χ1) is 14.3. The van der Waals surface area contributed by atoms with Gasteiger partial charge in [0.05, 0.1) is 4.90 Å². The summed E-state index contributed by atoms with van der Waals surface area (Å²) in [6.07, 6.45) is 1.34. The van der Waals surface area contributed by atoms with E-state index in [1.165, 1.54) is 18.2 Å². The summed E-state index contributed by atoms with van der Waals surface area (Å²) in [5.74, 6) is 0.558. The van der Waals surface area contributed by atoms with E-state index in [0.29, 0.717) is 26.9 Å². The molecule has 3 aromatic carbocycles. The average Bonchev–Trinajstić information content (AvgIpc) is 2.73. The maximum absolute atomic E-state index is 12.7. The minimum absolute atomic E-state index is 0.0810. The fourth-order valence-corrected chi connectivity index (χ4v) is 4.32. The van der Waals surface area contributed by atoms with E-state index in [-0.39, 0.29) is 16.4 Å². The number of nitriles is 1. The molecule has 0 spiro atoms. The number of sulfone groups is 1. The Kier molecular flexibility index (Phi) is 6.84. The number of aryl methyl sites for hydroxylation is 1. The van der Waals surface area contributed by atoms with Gasteiger partial charge in [-0.3, -0.25) is 0 Å². The first-order valence-electron chi connectivity index (χ1n) is 8.90. The molecule has 0 saturated heterocycles. The van der Waals surface area contributed by atoms with Crippen molar-refractivity contribution in [1.82, 2.24) is 0 Å². The van der Waals surface area contributed by atoms with Crippen molar-refractivity contribution in [3.63, 3.8) is 0 Å². The van der Waals surface area contributed by atoms with Gasteiger partial charge in [-0.05, 0) is 55.0 Å². The molecule has 0 amide bonds. The first-order valence-corrected chi connectivity index (χ1v) is 11.1. The summed E-state index contributed by atoms with van der Waals surface area (Å²) in [7, 11) is -3.89. The molecule has 7 heteroatoms. The standard InChI is InChI=1S/C23H17Cl2NO3S/c1-16-5-11-19(12-6-16)30(27,28)20(14-26)13-17-7-9-18(10-8-17)29-15-21-22(24)3-2-4-23(21)25/h2-13H,15H2,1H3. The molecule has 30 heavy (non-hydrogen) atoms. The molecule has 0 radical (unpaired) electrons. The minimum atomic E-state index is -3.89. The fourth-order valence-electron chi connectivity index (χ4n) is 2.65. The molecule has 3 aromatic rings. The number of rotatable bonds is 6. The monoisotopic (exact) mass is 457 g/mol. The van der Waals surface area contributed by atoms with Crippen LogP contribution in [0.4, 0.5) is 0 Å². The summed E-state index contributed by atoms with van der Waals surface area (Å²) in [5.41, 5.74) is 2.18. The lowest BCUT2D eigenvalue weighted by atomic mass is 10.2. The van der Waals surface area contributed by atoms with Gasteiger partial charge < -0.3 is 4.74 Å². The average molecular weight is 458 g/mol. The Balaban J connectivity index is 1.78. The van der Waals surface area contributed by atoms with Gasteiger partial charge in [0, 0.05) is 15.6 Å². The van der Waals surface area contributed by atoms with Gasteiger partial charge >= 0.3 is 0 Å². The Hall–Kier alpha value is -2.78. The predicted molar refractivity (Wildman–Crippen MR) is 119 cm³/mol. The highest BCUT2D eigenvalue weighted by Gasteiger charge is 2.20. The van der Waals surface area contributed by atoms with E-state index < -0.39 is 9.84 Å². The molecule has 3 rings (SSSR count). The molecule has 0 bridgehead atoms. The quantitative estimate of drug-likeness (QED) is 0.412. The van der Waals surface area contributed by atoms with Gasteiger partial charge in [0.15, 0.2) is 0 Å². The number of nitrogens with zero attached hydrogens (tertiary/aromatic N) is 1. The Morgan fingerprint density at radius 3 is 2.17 bits per heavy atom. The second kappa shape index (κ2) is 9.36. The third kappa shape index (κ3) is 5.03. The van der Waals surface area contributed by atoms with Crippen molar-refractivity contribution in [3.05, 3.63) is 98.4 Å². The van der Waals surface area contributed by atoms with Crippen LogP contribution >= 0.6 is 23.2 Å². The van der Waals surface area contributed by atoms with Crippen molar-refractivity contribution in [2.45, 2.75) is 18.4 Å². The highest BCUT2D eigenvalue weighted by atomic mass is 35.5. The van der Waals surface area contributed by atoms with Crippen LogP contribution in [0.2, 0.25) is 10.0 Å². The second-order valence-electron chi connectivity index (χ2n) is 6.49. The summed E-state index contributed by atoms with van der Waals surface area (Å²) in [6, 6.07) is 20.1. The molecule has 0 atom stereocenters. The van der Waals surface area contributed by atoms with E-state index in [1.807, 2.05) is 6.92 Å². The third-order valence-electron chi connectivity index (χ3n) is 4.35. The van der Waals surface area contributed by atoms with Crippen LogP contribution in [-0.4, -0.2) is 8.42 Å². The van der Waals surface area contributed by atoms with Gasteiger partial charge in [0.2, 0.25) is 9.84 Å². The van der Waals surface area contributed by atoms with Crippen molar-refractivity contribution in [3.8, 4) is 11.8 Å². The van der Waals surface area contributed by atoms with Crippen molar-refractivity contribution in [2.75, 3.05) is 0 Å². The Morgan fingerprint density at radius 2 is 1.60 bits per heavy atom. The molecule has 0 unspecified atom stereocenters. The van der Waals surface area contributed by atoms with Crippen LogP contribution in [0.5, 0.6) is 5.75 Å². The van der Waals surface area contributed by atoms with E-state index in [2.05, 4.69) is 0 Å². The predicted octanol–water partition coefficient (Wildman–Crippen LogP) is 6.22. The lowest BCUT2D eigenvalue weighted by Gasteiger charge is -2.09. The van der Waals surface area contributed by atoms with E-state index in [0.717, 1.165) is 5.56 Å². The lowest BCUT2D eigenvalue weighted by molar-refractivity contribution is 0.306.